The SMILES string of the molecule is O=C([O-])CN(CC(=O)[O-])Cc1ccc(CN(CC(=O)[O-])CC(=O)[O-])c(O)c1O.[Na+].[Na+].[Na+].[Na+]. The number of rotatable bonds is 12. The number of carbonyl (C=O) groups is 4. The standard InChI is InChI=1S/C16H20N2O10.4Na/c19-11(20)5-17(6-12(21)22)3-9-1-2-10(16(28)15(9)27)4-18(7-13(23)24)8-14(25)26;;;;/h1-2,27-28H,3-8H2,(H,19,20)(H,21,22)(H,23,24)(H,25,26);;;;/q;4*+1/p-4. The third-order valence-corrected chi connectivity index (χ3v) is 3.52. The van der Waals surface area contributed by atoms with E-state index in [0.717, 1.165) is 9.80 Å². The molecule has 1 aromatic carbocycles. The van der Waals surface area contributed by atoms with Crippen molar-refractivity contribution in [3.05, 3.63) is 23.3 Å². The van der Waals surface area contributed by atoms with Crippen molar-refractivity contribution < 1.29 is 168 Å². The zero-order chi connectivity index (χ0) is 21.4. The summed E-state index contributed by atoms with van der Waals surface area (Å²) < 4.78 is 0. The van der Waals surface area contributed by atoms with Crippen LogP contribution in [0.2, 0.25) is 0 Å². The summed E-state index contributed by atoms with van der Waals surface area (Å²) in [4.78, 5) is 44.5. The molecular weight excluding hydrogens is 472 g/mol. The van der Waals surface area contributed by atoms with Crippen molar-refractivity contribution in [2.75, 3.05) is 26.2 Å². The van der Waals surface area contributed by atoms with Gasteiger partial charge in [-0.2, -0.15) is 0 Å². The Morgan fingerprint density at radius 2 is 0.812 bits per heavy atom. The van der Waals surface area contributed by atoms with Crippen LogP contribution in [-0.4, -0.2) is 70.1 Å². The number of benzene rings is 1. The van der Waals surface area contributed by atoms with E-state index in [-0.39, 0.29) is 142 Å². The van der Waals surface area contributed by atoms with Gasteiger partial charge in [-0.1, -0.05) is 12.1 Å². The van der Waals surface area contributed by atoms with Crippen LogP contribution in [0.15, 0.2) is 12.1 Å². The number of hydrogen-bond acceptors (Lipinski definition) is 12. The van der Waals surface area contributed by atoms with Crippen molar-refractivity contribution in [1.82, 2.24) is 9.80 Å². The molecule has 0 bridgehead atoms. The van der Waals surface area contributed by atoms with Crippen LogP contribution in [0.25, 0.3) is 0 Å². The van der Waals surface area contributed by atoms with Crippen molar-refractivity contribution in [3.8, 4) is 11.5 Å². The van der Waals surface area contributed by atoms with Crippen LogP contribution in [-0.2, 0) is 32.3 Å². The minimum absolute atomic E-state index is 0. The van der Waals surface area contributed by atoms with Crippen molar-refractivity contribution in [3.63, 3.8) is 0 Å². The van der Waals surface area contributed by atoms with Gasteiger partial charge in [-0.15, -0.1) is 0 Å². The zero-order valence-electron chi connectivity index (χ0n) is 18.5. The second-order valence-corrected chi connectivity index (χ2v) is 5.86. The maximum absolute atomic E-state index is 10.7. The Hall–Kier alpha value is 0.620. The Balaban J connectivity index is -0.000000980. The molecule has 0 amide bonds. The molecule has 0 atom stereocenters. The number of hydrogen-bond donors (Lipinski definition) is 2. The summed E-state index contributed by atoms with van der Waals surface area (Å²) in [5.74, 6) is -7.69. The minimum Gasteiger partial charge on any atom is -0.549 e. The molecule has 0 saturated carbocycles. The van der Waals surface area contributed by atoms with Crippen molar-refractivity contribution in [2.45, 2.75) is 13.1 Å². The normalized spacial score (nSPS) is 9.56. The minimum atomic E-state index is -1.57. The van der Waals surface area contributed by atoms with Gasteiger partial charge in [-0.25, -0.2) is 0 Å². The van der Waals surface area contributed by atoms with Gasteiger partial charge < -0.3 is 49.8 Å². The first-order valence-electron chi connectivity index (χ1n) is 7.76. The van der Waals surface area contributed by atoms with Gasteiger partial charge in [0.25, 0.3) is 0 Å². The first-order valence-corrected chi connectivity index (χ1v) is 7.76. The zero-order valence-corrected chi connectivity index (χ0v) is 26.5. The summed E-state index contributed by atoms with van der Waals surface area (Å²) in [7, 11) is 0. The van der Waals surface area contributed by atoms with Gasteiger partial charge in [0, 0.05) is 50.4 Å². The summed E-state index contributed by atoms with van der Waals surface area (Å²) in [6, 6.07) is 2.47. The van der Waals surface area contributed by atoms with Gasteiger partial charge in [-0.05, 0) is 0 Å². The number of carboxylic acid groups (broad SMARTS) is 4. The fourth-order valence-electron chi connectivity index (χ4n) is 2.47. The van der Waals surface area contributed by atoms with Crippen molar-refractivity contribution in [1.29, 1.82) is 0 Å². The fraction of sp³-hybridized carbons (Fsp3) is 0.375. The second kappa shape index (κ2) is 19.9. The molecule has 0 aromatic heterocycles. The Labute approximate surface area is 272 Å². The van der Waals surface area contributed by atoms with E-state index in [0.29, 0.717) is 0 Å². The molecule has 16 heteroatoms. The molecule has 0 aliphatic carbocycles. The summed E-state index contributed by atoms with van der Waals surface area (Å²) in [5, 5.41) is 63.0. The predicted octanol–water partition coefficient (Wildman–Crippen LogP) is -18.3. The maximum atomic E-state index is 10.7. The molecule has 2 N–H and O–H groups in total. The van der Waals surface area contributed by atoms with Crippen LogP contribution in [0.5, 0.6) is 11.5 Å². The number of aromatic hydroxyl groups is 2. The summed E-state index contributed by atoms with van der Waals surface area (Å²) >= 11 is 0. The van der Waals surface area contributed by atoms with Gasteiger partial charge in [0.15, 0.2) is 11.5 Å². The molecule has 1 rings (SSSR count). The average molecular weight is 488 g/mol. The van der Waals surface area contributed by atoms with Gasteiger partial charge >= 0.3 is 118 Å². The van der Waals surface area contributed by atoms with Gasteiger partial charge in [-0.3, -0.25) is 9.80 Å². The van der Waals surface area contributed by atoms with E-state index in [1.54, 1.807) is 0 Å². The quantitative estimate of drug-likeness (QED) is 0.208. The first-order chi connectivity index (χ1) is 13.0. The van der Waals surface area contributed by atoms with E-state index in [4.69, 9.17) is 0 Å². The Bertz CT molecular complexity index is 686. The second-order valence-electron chi connectivity index (χ2n) is 5.86. The number of phenols is 2. The number of aliphatic carboxylic acids is 4. The maximum Gasteiger partial charge on any atom is 1.00 e. The van der Waals surface area contributed by atoms with Crippen LogP contribution in [0.1, 0.15) is 11.1 Å². The number of carboxylic acids is 4. The monoisotopic (exact) mass is 488 g/mol. The van der Waals surface area contributed by atoms with Crippen LogP contribution >= 0.6 is 0 Å². The molecule has 154 valence electrons. The first kappa shape index (κ1) is 39.8. The molecular formula is C16H16N2Na4O10. The smallest absolute Gasteiger partial charge is 0.549 e. The van der Waals surface area contributed by atoms with E-state index in [9.17, 15) is 49.8 Å². The Kier molecular flexibility index (Phi) is 24.7. The predicted molar refractivity (Wildman–Crippen MR) is 80.4 cm³/mol. The Morgan fingerprint density at radius 3 is 1.00 bits per heavy atom. The fourth-order valence-corrected chi connectivity index (χ4v) is 2.47. The molecule has 0 radical (unpaired) electrons. The van der Waals surface area contributed by atoms with Crippen LogP contribution in [0.4, 0.5) is 0 Å². The van der Waals surface area contributed by atoms with Crippen molar-refractivity contribution in [2.24, 2.45) is 0 Å². The molecule has 0 aliphatic rings. The van der Waals surface area contributed by atoms with Gasteiger partial charge in [0.1, 0.15) is 0 Å². The number of carbonyl (C=O) groups excluding carboxylic acids is 4. The third-order valence-electron chi connectivity index (χ3n) is 3.52. The average Bonchev–Trinajstić information content (AvgIpc) is 2.52. The number of nitrogens with zero attached hydrogens (tertiary/aromatic N) is 2. The molecule has 0 aliphatic heterocycles. The molecule has 12 nitrogen and oxygen atoms in total. The molecule has 1 aromatic rings. The van der Waals surface area contributed by atoms with Crippen LogP contribution in [0.3, 0.4) is 0 Å². The van der Waals surface area contributed by atoms with E-state index < -0.39 is 61.6 Å². The number of phenolic OH excluding ortho intramolecular Hbond substituents is 2. The van der Waals surface area contributed by atoms with Crippen molar-refractivity contribution >= 4 is 23.9 Å². The van der Waals surface area contributed by atoms with E-state index in [1.807, 2.05) is 0 Å². The Morgan fingerprint density at radius 1 is 0.594 bits per heavy atom. The summed E-state index contributed by atoms with van der Waals surface area (Å²) in [6.07, 6.45) is 0. The van der Waals surface area contributed by atoms with E-state index >= 15 is 0 Å². The van der Waals surface area contributed by atoms with Crippen LogP contribution < -0.4 is 139 Å². The molecule has 0 saturated heterocycles. The molecule has 0 unspecified atom stereocenters. The van der Waals surface area contributed by atoms with Crippen LogP contribution in [0, 0.1) is 0 Å². The van der Waals surface area contributed by atoms with Gasteiger partial charge in [0.05, 0.1) is 23.9 Å². The molecule has 32 heavy (non-hydrogen) atoms. The molecule has 0 spiro atoms. The van der Waals surface area contributed by atoms with E-state index in [1.165, 1.54) is 12.1 Å². The summed E-state index contributed by atoms with van der Waals surface area (Å²) in [5.41, 5.74) is -0.0646. The van der Waals surface area contributed by atoms with Gasteiger partial charge in [0.2, 0.25) is 0 Å². The topological polar surface area (TPSA) is 207 Å². The largest absolute Gasteiger partial charge is 1.00 e. The molecule has 0 heterocycles. The summed E-state index contributed by atoms with van der Waals surface area (Å²) in [6.45, 7) is -3.88. The molecule has 0 fully saturated rings. The van der Waals surface area contributed by atoms with E-state index in [2.05, 4.69) is 0 Å². The third kappa shape index (κ3) is 15.5.